The molecule has 1 N–H and O–H groups in total. The second-order valence-corrected chi connectivity index (χ2v) is 6.86. The number of alkyl halides is 3. The summed E-state index contributed by atoms with van der Waals surface area (Å²) in [6.07, 6.45) is -2.53. The van der Waals surface area contributed by atoms with Gasteiger partial charge in [-0.1, -0.05) is 11.6 Å². The Labute approximate surface area is 191 Å². The number of carbonyl (C=O) groups is 1. The van der Waals surface area contributed by atoms with Crippen LogP contribution in [0.15, 0.2) is 59.8 Å². The van der Waals surface area contributed by atoms with Crippen molar-refractivity contribution in [2.75, 3.05) is 19.6 Å². The average Bonchev–Trinajstić information content (AvgIpc) is 2.80. The van der Waals surface area contributed by atoms with Crippen LogP contribution in [-0.4, -0.2) is 31.4 Å². The Balaban J connectivity index is 1.69. The largest absolute Gasteiger partial charge is 0.497 e. The molecule has 1 aromatic heterocycles. The van der Waals surface area contributed by atoms with E-state index in [1.54, 1.807) is 36.4 Å². The number of pyridine rings is 1. The second kappa shape index (κ2) is 10.2. The Morgan fingerprint density at radius 1 is 1.06 bits per heavy atom. The van der Waals surface area contributed by atoms with Crippen molar-refractivity contribution in [3.63, 3.8) is 0 Å². The molecule has 0 saturated heterocycles. The molecule has 0 unspecified atom stereocenters. The van der Waals surface area contributed by atoms with Gasteiger partial charge in [-0.2, -0.15) is 18.3 Å². The number of nitrogens with one attached hydrogen (secondary N) is 1. The Hall–Kier alpha value is -3.79. The molecule has 0 aliphatic rings. The molecule has 0 spiro atoms. The molecule has 7 nitrogen and oxygen atoms in total. The molecule has 0 amide bonds. The Morgan fingerprint density at radius 3 is 2.39 bits per heavy atom. The number of hydrazone groups is 1. The predicted molar refractivity (Wildman–Crippen MR) is 116 cm³/mol. The van der Waals surface area contributed by atoms with Crippen molar-refractivity contribution in [2.24, 2.45) is 5.10 Å². The van der Waals surface area contributed by atoms with Crippen molar-refractivity contribution in [3.05, 3.63) is 76.4 Å². The summed E-state index contributed by atoms with van der Waals surface area (Å²) in [6, 6.07) is 11.8. The van der Waals surface area contributed by atoms with E-state index in [9.17, 15) is 18.0 Å². The fourth-order valence-electron chi connectivity index (χ4n) is 2.58. The van der Waals surface area contributed by atoms with Crippen molar-refractivity contribution in [2.45, 2.75) is 6.18 Å². The van der Waals surface area contributed by atoms with Crippen LogP contribution in [0.25, 0.3) is 0 Å². The van der Waals surface area contributed by atoms with Gasteiger partial charge in [0.2, 0.25) is 0 Å². The van der Waals surface area contributed by atoms with E-state index in [1.807, 2.05) is 0 Å². The molecule has 3 rings (SSSR count). The number of methoxy groups -OCH3 is 2. The maximum atomic E-state index is 12.7. The molecule has 33 heavy (non-hydrogen) atoms. The number of halogens is 4. The number of benzene rings is 2. The van der Waals surface area contributed by atoms with Crippen LogP contribution in [-0.2, 0) is 6.18 Å². The molecule has 0 saturated carbocycles. The van der Waals surface area contributed by atoms with Crippen LogP contribution in [0.1, 0.15) is 21.5 Å². The number of hydrogen-bond acceptors (Lipinski definition) is 7. The van der Waals surface area contributed by atoms with E-state index in [0.717, 1.165) is 6.07 Å². The van der Waals surface area contributed by atoms with Crippen LogP contribution < -0.4 is 19.6 Å². The quantitative estimate of drug-likeness (QED) is 0.210. The third kappa shape index (κ3) is 6.13. The van der Waals surface area contributed by atoms with Gasteiger partial charge in [0, 0.05) is 6.20 Å². The monoisotopic (exact) mass is 479 g/mol. The van der Waals surface area contributed by atoms with Crippen LogP contribution in [0, 0.1) is 0 Å². The van der Waals surface area contributed by atoms with Crippen LogP contribution in [0.3, 0.4) is 0 Å². The van der Waals surface area contributed by atoms with Gasteiger partial charge < -0.3 is 14.2 Å². The molecular weight excluding hydrogens is 463 g/mol. The first-order chi connectivity index (χ1) is 15.7. The normalized spacial score (nSPS) is 11.3. The zero-order valence-corrected chi connectivity index (χ0v) is 18.1. The minimum atomic E-state index is -4.55. The Bertz CT molecular complexity index is 1170. The SMILES string of the molecule is COc1ccc(C(=O)Oc2ccc(C=NNc3ncc(C(F)(F)F)cc3Cl)cc2OC)cc1. The van der Waals surface area contributed by atoms with E-state index in [2.05, 4.69) is 15.5 Å². The summed E-state index contributed by atoms with van der Waals surface area (Å²) in [7, 11) is 2.93. The summed E-state index contributed by atoms with van der Waals surface area (Å²) in [5.41, 5.74) is 2.39. The lowest BCUT2D eigenvalue weighted by Gasteiger charge is -2.10. The van der Waals surface area contributed by atoms with Gasteiger partial charge in [-0.3, -0.25) is 5.43 Å². The molecule has 0 aliphatic carbocycles. The minimum Gasteiger partial charge on any atom is -0.497 e. The molecule has 1 heterocycles. The first kappa shape index (κ1) is 23.9. The summed E-state index contributed by atoms with van der Waals surface area (Å²) >= 11 is 5.83. The molecule has 0 fully saturated rings. The highest BCUT2D eigenvalue weighted by Gasteiger charge is 2.31. The minimum absolute atomic E-state index is 0.0436. The molecule has 0 bridgehead atoms. The lowest BCUT2D eigenvalue weighted by Crippen LogP contribution is -2.09. The average molecular weight is 480 g/mol. The first-order valence-corrected chi connectivity index (χ1v) is 9.65. The van der Waals surface area contributed by atoms with E-state index in [4.69, 9.17) is 25.8 Å². The number of ether oxygens (including phenoxy) is 3. The fourth-order valence-corrected chi connectivity index (χ4v) is 2.79. The highest BCUT2D eigenvalue weighted by molar-refractivity contribution is 6.33. The molecule has 0 radical (unpaired) electrons. The van der Waals surface area contributed by atoms with Crippen LogP contribution in [0.4, 0.5) is 19.0 Å². The van der Waals surface area contributed by atoms with Crippen molar-refractivity contribution in [1.82, 2.24) is 4.98 Å². The van der Waals surface area contributed by atoms with Crippen LogP contribution >= 0.6 is 11.6 Å². The summed E-state index contributed by atoms with van der Waals surface area (Å²) < 4.78 is 53.8. The van der Waals surface area contributed by atoms with Gasteiger partial charge in [-0.05, 0) is 54.1 Å². The van der Waals surface area contributed by atoms with Crippen molar-refractivity contribution >= 4 is 29.6 Å². The molecule has 11 heteroatoms. The zero-order chi connectivity index (χ0) is 24.0. The molecule has 0 atom stereocenters. The lowest BCUT2D eigenvalue weighted by atomic mass is 10.2. The molecule has 172 valence electrons. The number of hydrogen-bond donors (Lipinski definition) is 1. The summed E-state index contributed by atoms with van der Waals surface area (Å²) in [6.45, 7) is 0. The Kier molecular flexibility index (Phi) is 7.39. The summed E-state index contributed by atoms with van der Waals surface area (Å²) in [5, 5.41) is 3.68. The maximum absolute atomic E-state index is 12.7. The maximum Gasteiger partial charge on any atom is 0.417 e. The lowest BCUT2D eigenvalue weighted by molar-refractivity contribution is -0.137. The molecular formula is C22H17ClF3N3O4. The van der Waals surface area contributed by atoms with Gasteiger partial charge in [0.25, 0.3) is 0 Å². The molecule has 0 aliphatic heterocycles. The highest BCUT2D eigenvalue weighted by Crippen LogP contribution is 2.32. The van der Waals surface area contributed by atoms with Crippen molar-refractivity contribution < 1.29 is 32.2 Å². The second-order valence-electron chi connectivity index (χ2n) is 6.45. The number of rotatable bonds is 7. The number of anilines is 1. The van der Waals surface area contributed by atoms with Gasteiger partial charge in [-0.15, -0.1) is 0 Å². The van der Waals surface area contributed by atoms with Gasteiger partial charge in [0.15, 0.2) is 17.3 Å². The van der Waals surface area contributed by atoms with E-state index >= 15 is 0 Å². The van der Waals surface area contributed by atoms with Crippen molar-refractivity contribution in [1.29, 1.82) is 0 Å². The summed E-state index contributed by atoms with van der Waals surface area (Å²) in [5.74, 6) is 0.441. The first-order valence-electron chi connectivity index (χ1n) is 9.27. The number of esters is 1. The van der Waals surface area contributed by atoms with E-state index in [0.29, 0.717) is 23.1 Å². The van der Waals surface area contributed by atoms with Gasteiger partial charge in [0.05, 0.1) is 36.6 Å². The number of aromatic nitrogens is 1. The third-order valence-corrected chi connectivity index (χ3v) is 4.56. The standard InChI is InChI=1S/C22H17ClF3N3O4/c1-31-16-6-4-14(5-7-16)21(30)33-18-8-3-13(9-19(18)32-2)11-28-29-20-17(23)10-15(12-27-20)22(24,25)26/h3-12H,1-2H3,(H,27,29). The predicted octanol–water partition coefficient (Wildman–Crippen LogP) is 5.44. The van der Waals surface area contributed by atoms with Crippen LogP contribution in [0.2, 0.25) is 5.02 Å². The van der Waals surface area contributed by atoms with Gasteiger partial charge in [-0.25, -0.2) is 9.78 Å². The van der Waals surface area contributed by atoms with Crippen LogP contribution in [0.5, 0.6) is 17.2 Å². The topological polar surface area (TPSA) is 82.0 Å². The van der Waals surface area contributed by atoms with Gasteiger partial charge >= 0.3 is 12.1 Å². The number of nitrogens with zero attached hydrogens (tertiary/aromatic N) is 2. The molecule has 3 aromatic rings. The molecule has 2 aromatic carbocycles. The van der Waals surface area contributed by atoms with E-state index in [-0.39, 0.29) is 22.3 Å². The van der Waals surface area contributed by atoms with E-state index in [1.165, 1.54) is 26.5 Å². The third-order valence-electron chi connectivity index (χ3n) is 4.27. The van der Waals surface area contributed by atoms with Gasteiger partial charge in [0.1, 0.15) is 5.75 Å². The summed E-state index contributed by atoms with van der Waals surface area (Å²) in [4.78, 5) is 16.0. The number of carbonyl (C=O) groups excluding carboxylic acids is 1. The highest BCUT2D eigenvalue weighted by atomic mass is 35.5. The fraction of sp³-hybridized carbons (Fsp3) is 0.136. The van der Waals surface area contributed by atoms with Crippen molar-refractivity contribution in [3.8, 4) is 17.2 Å². The zero-order valence-electron chi connectivity index (χ0n) is 17.3. The smallest absolute Gasteiger partial charge is 0.417 e. The van der Waals surface area contributed by atoms with E-state index < -0.39 is 17.7 Å². The Morgan fingerprint density at radius 2 is 1.79 bits per heavy atom.